The molecular weight excluding hydrogens is 184 g/mol. The molecule has 1 amide bonds. The first-order valence-electron chi connectivity index (χ1n) is 3.93. The molecule has 5 N–H and O–H groups in total. The number of H-pyrrole nitrogens is 2. The Morgan fingerprint density at radius 2 is 2.00 bits per heavy atom. The van der Waals surface area contributed by atoms with Crippen molar-refractivity contribution >= 4 is 16.9 Å². The zero-order chi connectivity index (χ0) is 10.1. The second-order valence-electron chi connectivity index (χ2n) is 2.81. The summed E-state index contributed by atoms with van der Waals surface area (Å²) in [4.78, 5) is 27.1. The lowest BCUT2D eigenvalue weighted by Crippen LogP contribution is -2.29. The zero-order valence-electron chi connectivity index (χ0n) is 7.13. The quantitative estimate of drug-likeness (QED) is 0.277. The average Bonchev–Trinajstić information content (AvgIpc) is 2.55. The number of aromatic nitrogens is 2. The number of nitrogen functional groups attached to an aromatic ring is 1. The number of hydrazine groups is 1. The average molecular weight is 192 g/mol. The Hall–Kier alpha value is -2.08. The molecule has 6 heteroatoms. The molecular formula is C8H8N4O2. The lowest BCUT2D eigenvalue weighted by atomic mass is 10.2. The minimum Gasteiger partial charge on any atom is -0.306 e. The zero-order valence-corrected chi connectivity index (χ0v) is 7.13. The fraction of sp³-hybridized carbons (Fsp3) is 0. The molecule has 0 spiro atoms. The van der Waals surface area contributed by atoms with Crippen molar-refractivity contribution in [3.05, 3.63) is 34.2 Å². The number of fused-ring (bicyclic) bond motifs is 1. The van der Waals surface area contributed by atoms with Crippen LogP contribution in [0.5, 0.6) is 0 Å². The summed E-state index contributed by atoms with van der Waals surface area (Å²) in [6, 6.07) is 4.77. The van der Waals surface area contributed by atoms with Gasteiger partial charge in [-0.05, 0) is 18.2 Å². The van der Waals surface area contributed by atoms with Crippen LogP contribution in [0.4, 0.5) is 0 Å². The smallest absolute Gasteiger partial charge is 0.306 e. The Morgan fingerprint density at radius 1 is 1.29 bits per heavy atom. The van der Waals surface area contributed by atoms with Crippen LogP contribution in [0.25, 0.3) is 11.0 Å². The second-order valence-corrected chi connectivity index (χ2v) is 2.81. The van der Waals surface area contributed by atoms with Gasteiger partial charge < -0.3 is 9.97 Å². The summed E-state index contributed by atoms with van der Waals surface area (Å²) >= 11 is 0. The molecule has 0 aliphatic carbocycles. The van der Waals surface area contributed by atoms with Gasteiger partial charge in [-0.2, -0.15) is 0 Å². The summed E-state index contributed by atoms with van der Waals surface area (Å²) in [5, 5.41) is 0. The molecule has 0 bridgehead atoms. The lowest BCUT2D eigenvalue weighted by Gasteiger charge is -1.98. The highest BCUT2D eigenvalue weighted by atomic mass is 16.2. The molecule has 6 nitrogen and oxygen atoms in total. The number of benzene rings is 1. The van der Waals surface area contributed by atoms with Gasteiger partial charge in [0.2, 0.25) is 0 Å². The van der Waals surface area contributed by atoms with Crippen molar-refractivity contribution in [3.8, 4) is 0 Å². The maximum atomic E-state index is 11.1. The van der Waals surface area contributed by atoms with Crippen molar-refractivity contribution in [2.24, 2.45) is 5.84 Å². The molecule has 1 heterocycles. The van der Waals surface area contributed by atoms with Crippen molar-refractivity contribution in [2.45, 2.75) is 0 Å². The van der Waals surface area contributed by atoms with E-state index in [0.29, 0.717) is 16.6 Å². The Bertz CT molecular complexity index is 540. The number of carbonyl (C=O) groups excluding carboxylic acids is 1. The van der Waals surface area contributed by atoms with Crippen molar-refractivity contribution < 1.29 is 4.79 Å². The van der Waals surface area contributed by atoms with Crippen molar-refractivity contribution in [1.29, 1.82) is 0 Å². The van der Waals surface area contributed by atoms with Gasteiger partial charge in [-0.1, -0.05) is 0 Å². The fourth-order valence-electron chi connectivity index (χ4n) is 1.26. The number of rotatable bonds is 1. The first-order valence-corrected chi connectivity index (χ1v) is 3.93. The summed E-state index contributed by atoms with van der Waals surface area (Å²) < 4.78 is 0. The molecule has 0 fully saturated rings. The minimum absolute atomic E-state index is 0.301. The monoisotopic (exact) mass is 192 g/mol. The van der Waals surface area contributed by atoms with Crippen LogP contribution in [0.1, 0.15) is 10.4 Å². The third kappa shape index (κ3) is 1.27. The molecule has 72 valence electrons. The van der Waals surface area contributed by atoms with E-state index in [9.17, 15) is 9.59 Å². The van der Waals surface area contributed by atoms with Gasteiger partial charge >= 0.3 is 5.69 Å². The van der Waals surface area contributed by atoms with Crippen LogP contribution >= 0.6 is 0 Å². The number of aromatic amines is 2. The SMILES string of the molecule is NNC(=O)c1ccc2[nH]c(=O)[nH]c2c1. The van der Waals surface area contributed by atoms with Gasteiger partial charge in [-0.25, -0.2) is 10.6 Å². The van der Waals surface area contributed by atoms with E-state index in [1.165, 1.54) is 0 Å². The van der Waals surface area contributed by atoms with Gasteiger partial charge in [-0.3, -0.25) is 10.2 Å². The normalized spacial score (nSPS) is 10.4. The van der Waals surface area contributed by atoms with Crippen LogP contribution in [0.15, 0.2) is 23.0 Å². The van der Waals surface area contributed by atoms with E-state index < -0.39 is 5.91 Å². The summed E-state index contributed by atoms with van der Waals surface area (Å²) in [6.07, 6.45) is 0. The highest BCUT2D eigenvalue weighted by Crippen LogP contribution is 2.09. The molecule has 0 atom stereocenters. The molecule has 2 aromatic rings. The Kier molecular flexibility index (Phi) is 1.83. The van der Waals surface area contributed by atoms with Crippen LogP contribution < -0.4 is 17.0 Å². The molecule has 1 aromatic heterocycles. The summed E-state index contributed by atoms with van der Waals surface area (Å²) in [5.74, 6) is 4.58. The predicted octanol–water partition coefficient (Wildman–Crippen LogP) is -0.540. The predicted molar refractivity (Wildman–Crippen MR) is 50.6 cm³/mol. The van der Waals surface area contributed by atoms with Crippen molar-refractivity contribution in [3.63, 3.8) is 0 Å². The molecule has 0 unspecified atom stereocenters. The molecule has 0 aliphatic rings. The third-order valence-corrected chi connectivity index (χ3v) is 1.91. The van der Waals surface area contributed by atoms with E-state index in [2.05, 4.69) is 9.97 Å². The molecule has 0 radical (unpaired) electrons. The van der Waals surface area contributed by atoms with Gasteiger partial charge in [0, 0.05) is 5.56 Å². The summed E-state index contributed by atoms with van der Waals surface area (Å²) in [5.41, 5.74) is 3.35. The number of nitrogens with one attached hydrogen (secondary N) is 3. The minimum atomic E-state index is -0.394. The van der Waals surface area contributed by atoms with Crippen molar-refractivity contribution in [1.82, 2.24) is 15.4 Å². The summed E-state index contributed by atoms with van der Waals surface area (Å²) in [7, 11) is 0. The largest absolute Gasteiger partial charge is 0.323 e. The number of hydrogen-bond donors (Lipinski definition) is 4. The van der Waals surface area contributed by atoms with Crippen LogP contribution in [-0.2, 0) is 0 Å². The third-order valence-electron chi connectivity index (χ3n) is 1.91. The van der Waals surface area contributed by atoms with Gasteiger partial charge in [-0.15, -0.1) is 0 Å². The van der Waals surface area contributed by atoms with Gasteiger partial charge in [0.25, 0.3) is 5.91 Å². The van der Waals surface area contributed by atoms with E-state index in [1.54, 1.807) is 18.2 Å². The Balaban J connectivity index is 2.61. The second kappa shape index (κ2) is 3.00. The van der Waals surface area contributed by atoms with Crippen LogP contribution in [0.2, 0.25) is 0 Å². The standard InChI is InChI=1S/C8H8N4O2/c9-12-7(13)4-1-2-5-6(3-4)11-8(14)10-5/h1-3H,9H2,(H,12,13)(H2,10,11,14). The number of carbonyl (C=O) groups is 1. The van der Waals surface area contributed by atoms with Crippen LogP contribution in [0, 0.1) is 0 Å². The van der Waals surface area contributed by atoms with Gasteiger partial charge in [0.05, 0.1) is 11.0 Å². The Morgan fingerprint density at radius 3 is 2.71 bits per heavy atom. The number of imidazole rings is 1. The highest BCUT2D eigenvalue weighted by Gasteiger charge is 2.05. The number of hydrogen-bond acceptors (Lipinski definition) is 3. The molecule has 2 rings (SSSR count). The highest BCUT2D eigenvalue weighted by molar-refractivity contribution is 5.96. The van der Waals surface area contributed by atoms with E-state index in [4.69, 9.17) is 5.84 Å². The topological polar surface area (TPSA) is 104 Å². The van der Waals surface area contributed by atoms with E-state index >= 15 is 0 Å². The van der Waals surface area contributed by atoms with Crippen molar-refractivity contribution in [2.75, 3.05) is 0 Å². The molecule has 0 saturated heterocycles. The van der Waals surface area contributed by atoms with E-state index in [-0.39, 0.29) is 5.69 Å². The van der Waals surface area contributed by atoms with Crippen LogP contribution in [0.3, 0.4) is 0 Å². The van der Waals surface area contributed by atoms with Gasteiger partial charge in [0.1, 0.15) is 0 Å². The lowest BCUT2D eigenvalue weighted by molar-refractivity contribution is 0.0954. The summed E-state index contributed by atoms with van der Waals surface area (Å²) in [6.45, 7) is 0. The molecule has 0 saturated carbocycles. The molecule has 0 aliphatic heterocycles. The molecule has 1 aromatic carbocycles. The number of nitrogens with two attached hydrogens (primary N) is 1. The first kappa shape index (κ1) is 8.52. The number of amides is 1. The van der Waals surface area contributed by atoms with E-state index in [0.717, 1.165) is 0 Å². The van der Waals surface area contributed by atoms with E-state index in [1.807, 2.05) is 5.43 Å². The fourth-order valence-corrected chi connectivity index (χ4v) is 1.26. The Labute approximate surface area is 78.1 Å². The molecule has 14 heavy (non-hydrogen) atoms. The maximum Gasteiger partial charge on any atom is 0.323 e. The first-order chi connectivity index (χ1) is 6.70. The maximum absolute atomic E-state index is 11.1. The van der Waals surface area contributed by atoms with Gasteiger partial charge in [0.15, 0.2) is 0 Å². The van der Waals surface area contributed by atoms with Crippen LogP contribution in [-0.4, -0.2) is 15.9 Å².